The van der Waals surface area contributed by atoms with E-state index in [0.29, 0.717) is 10.6 Å². The highest BCUT2D eigenvalue weighted by Crippen LogP contribution is 2.16. The molecule has 0 atom stereocenters. The van der Waals surface area contributed by atoms with Crippen molar-refractivity contribution < 1.29 is 14.4 Å². The summed E-state index contributed by atoms with van der Waals surface area (Å²) in [7, 11) is 1.33. The van der Waals surface area contributed by atoms with E-state index in [1.165, 1.54) is 19.1 Å². The van der Waals surface area contributed by atoms with Crippen molar-refractivity contribution >= 4 is 40.9 Å². The molecule has 136 valence electrons. The van der Waals surface area contributed by atoms with Crippen LogP contribution in [0.3, 0.4) is 0 Å². The van der Waals surface area contributed by atoms with Gasteiger partial charge in [0.2, 0.25) is 0 Å². The third-order valence-corrected chi connectivity index (χ3v) is 4.13. The molecule has 0 aliphatic rings. The zero-order valence-corrected chi connectivity index (χ0v) is 16.3. The van der Waals surface area contributed by atoms with E-state index in [-0.39, 0.29) is 12.3 Å². The van der Waals surface area contributed by atoms with Crippen LogP contribution < -0.4 is 0 Å². The molecule has 0 saturated heterocycles. The van der Waals surface area contributed by atoms with Crippen LogP contribution in [0.1, 0.15) is 23.6 Å². The van der Waals surface area contributed by atoms with Crippen molar-refractivity contribution in [2.75, 3.05) is 13.4 Å². The van der Waals surface area contributed by atoms with Crippen LogP contribution in [0.4, 0.5) is 0 Å². The fourth-order valence-electron chi connectivity index (χ4n) is 2.20. The predicted molar refractivity (Wildman–Crippen MR) is 107 cm³/mol. The van der Waals surface area contributed by atoms with Crippen molar-refractivity contribution in [1.29, 1.82) is 0 Å². The van der Waals surface area contributed by atoms with Gasteiger partial charge in [-0.05, 0) is 36.6 Å². The quantitative estimate of drug-likeness (QED) is 0.302. The number of halogens is 1. The number of oxime groups is 1. The van der Waals surface area contributed by atoms with Crippen molar-refractivity contribution in [2.24, 2.45) is 9.55 Å². The first-order valence-electron chi connectivity index (χ1n) is 7.77. The van der Waals surface area contributed by atoms with Gasteiger partial charge in [0.25, 0.3) is 0 Å². The van der Waals surface area contributed by atoms with E-state index < -0.39 is 5.97 Å². The van der Waals surface area contributed by atoms with Gasteiger partial charge < -0.3 is 9.57 Å². The monoisotopic (exact) mass is 390 g/mol. The first-order chi connectivity index (χ1) is 12.6. The van der Waals surface area contributed by atoms with Crippen LogP contribution in [-0.4, -0.2) is 30.8 Å². The molecule has 0 aliphatic carbocycles. The summed E-state index contributed by atoms with van der Waals surface area (Å²) < 4.78 is 9.00. The molecule has 0 amide bonds. The second-order valence-electron chi connectivity index (χ2n) is 5.23. The maximum Gasteiger partial charge on any atom is 0.357 e. The van der Waals surface area contributed by atoms with Gasteiger partial charge in [0.05, 0.1) is 12.8 Å². The molecule has 0 fully saturated rings. The maximum atomic E-state index is 12.0. The standard InChI is InChI=1S/C19H19ClN2O3S/c1-13(14-8-10-16(20)11-9-14)21-25-12-15-6-4-5-7-17(15)18(22-26-3)19(23)24-2/h4-11H,12H2,1-3H3/b21-13-,22-18-. The highest BCUT2D eigenvalue weighted by molar-refractivity contribution is 7.97. The van der Waals surface area contributed by atoms with Crippen LogP contribution in [0.2, 0.25) is 5.02 Å². The molecule has 0 radical (unpaired) electrons. The summed E-state index contributed by atoms with van der Waals surface area (Å²) in [5, 5.41) is 4.81. The summed E-state index contributed by atoms with van der Waals surface area (Å²) in [5.41, 5.74) is 3.34. The Morgan fingerprint density at radius 3 is 2.50 bits per heavy atom. The number of carbonyl (C=O) groups excluding carboxylic acids is 1. The zero-order chi connectivity index (χ0) is 18.9. The smallest absolute Gasteiger partial charge is 0.357 e. The Bertz CT molecular complexity index is 820. The van der Waals surface area contributed by atoms with Crippen LogP contribution in [0.5, 0.6) is 0 Å². The Morgan fingerprint density at radius 1 is 1.15 bits per heavy atom. The number of nitrogens with zero attached hydrogens (tertiary/aromatic N) is 2. The molecule has 5 nitrogen and oxygen atoms in total. The summed E-state index contributed by atoms with van der Waals surface area (Å²) in [6.07, 6.45) is 1.78. The Kier molecular flexibility index (Phi) is 7.69. The molecular formula is C19H19ClN2O3S. The van der Waals surface area contributed by atoms with Crippen molar-refractivity contribution in [3.8, 4) is 0 Å². The average molecular weight is 391 g/mol. The van der Waals surface area contributed by atoms with Crippen LogP contribution >= 0.6 is 23.5 Å². The van der Waals surface area contributed by atoms with E-state index in [9.17, 15) is 4.79 Å². The molecule has 0 aromatic heterocycles. The summed E-state index contributed by atoms with van der Waals surface area (Å²) in [5.74, 6) is -0.493. The summed E-state index contributed by atoms with van der Waals surface area (Å²) in [4.78, 5) is 17.5. The Labute approximate surface area is 162 Å². The van der Waals surface area contributed by atoms with E-state index >= 15 is 0 Å². The van der Waals surface area contributed by atoms with Gasteiger partial charge in [-0.2, -0.15) is 0 Å². The van der Waals surface area contributed by atoms with E-state index in [1.807, 2.05) is 37.3 Å². The number of esters is 1. The molecule has 0 spiro atoms. The third-order valence-electron chi connectivity index (χ3n) is 3.52. The summed E-state index contributed by atoms with van der Waals surface area (Å²) in [6.45, 7) is 2.05. The molecule has 2 aromatic rings. The minimum Gasteiger partial charge on any atom is -0.464 e. The topological polar surface area (TPSA) is 60.2 Å². The number of ether oxygens (including phenoxy) is 1. The highest BCUT2D eigenvalue weighted by atomic mass is 35.5. The van der Waals surface area contributed by atoms with E-state index in [1.54, 1.807) is 24.5 Å². The van der Waals surface area contributed by atoms with Crippen molar-refractivity contribution in [3.05, 3.63) is 70.2 Å². The van der Waals surface area contributed by atoms with Crippen LogP contribution in [0, 0.1) is 0 Å². The van der Waals surface area contributed by atoms with E-state index in [0.717, 1.165) is 16.8 Å². The van der Waals surface area contributed by atoms with Gasteiger partial charge in [-0.1, -0.05) is 53.2 Å². The maximum absolute atomic E-state index is 12.0. The minimum absolute atomic E-state index is 0.200. The lowest BCUT2D eigenvalue weighted by molar-refractivity contribution is -0.132. The molecule has 0 bridgehead atoms. The number of hydrogen-bond donors (Lipinski definition) is 0. The first-order valence-corrected chi connectivity index (χ1v) is 9.33. The molecule has 2 rings (SSSR count). The second kappa shape index (κ2) is 9.99. The molecular weight excluding hydrogens is 372 g/mol. The number of hydrogen-bond acceptors (Lipinski definition) is 6. The third kappa shape index (κ3) is 5.34. The van der Waals surface area contributed by atoms with Crippen molar-refractivity contribution in [2.45, 2.75) is 13.5 Å². The van der Waals surface area contributed by atoms with Gasteiger partial charge in [-0.15, -0.1) is 0 Å². The summed E-state index contributed by atoms with van der Waals surface area (Å²) >= 11 is 7.08. The van der Waals surface area contributed by atoms with E-state index in [2.05, 4.69) is 9.55 Å². The van der Waals surface area contributed by atoms with Gasteiger partial charge in [0.15, 0.2) is 5.71 Å². The van der Waals surface area contributed by atoms with Gasteiger partial charge >= 0.3 is 5.97 Å². The van der Waals surface area contributed by atoms with Crippen LogP contribution in [0.15, 0.2) is 58.1 Å². The van der Waals surface area contributed by atoms with Gasteiger partial charge in [0, 0.05) is 22.4 Å². The molecule has 0 N–H and O–H groups in total. The van der Waals surface area contributed by atoms with Crippen LogP contribution in [-0.2, 0) is 21.0 Å². The lowest BCUT2D eigenvalue weighted by Crippen LogP contribution is -2.18. The highest BCUT2D eigenvalue weighted by Gasteiger charge is 2.18. The first kappa shape index (κ1) is 20.0. The molecule has 0 saturated carbocycles. The normalized spacial score (nSPS) is 12.0. The van der Waals surface area contributed by atoms with Gasteiger partial charge in [-0.3, -0.25) is 0 Å². The number of carbonyl (C=O) groups is 1. The Hall–Kier alpha value is -2.31. The minimum atomic E-state index is -0.493. The van der Waals surface area contributed by atoms with Crippen molar-refractivity contribution in [3.63, 3.8) is 0 Å². The lowest BCUT2D eigenvalue weighted by Gasteiger charge is -2.10. The largest absolute Gasteiger partial charge is 0.464 e. The zero-order valence-electron chi connectivity index (χ0n) is 14.7. The Morgan fingerprint density at radius 2 is 1.85 bits per heavy atom. The SMILES string of the molecule is COC(=O)/C(=N\SC)c1ccccc1CO/N=C(/C)c1ccc(Cl)cc1. The van der Waals surface area contributed by atoms with E-state index in [4.69, 9.17) is 21.2 Å². The molecule has 26 heavy (non-hydrogen) atoms. The molecule has 0 aliphatic heterocycles. The average Bonchev–Trinajstić information content (AvgIpc) is 2.66. The predicted octanol–water partition coefficient (Wildman–Crippen LogP) is 4.52. The fraction of sp³-hybridized carbons (Fsp3) is 0.211. The molecule has 0 heterocycles. The number of benzene rings is 2. The molecule has 7 heteroatoms. The Balaban J connectivity index is 2.17. The molecule has 0 unspecified atom stereocenters. The van der Waals surface area contributed by atoms with Gasteiger partial charge in [0.1, 0.15) is 6.61 Å². The van der Waals surface area contributed by atoms with Crippen LogP contribution in [0.25, 0.3) is 0 Å². The fourth-order valence-corrected chi connectivity index (χ4v) is 2.69. The lowest BCUT2D eigenvalue weighted by atomic mass is 10.0. The summed E-state index contributed by atoms with van der Waals surface area (Å²) in [6, 6.07) is 14.7. The van der Waals surface area contributed by atoms with Gasteiger partial charge in [-0.25, -0.2) is 9.19 Å². The van der Waals surface area contributed by atoms with Crippen molar-refractivity contribution in [1.82, 2.24) is 0 Å². The number of methoxy groups -OCH3 is 1. The molecule has 2 aromatic carbocycles. The second-order valence-corrected chi connectivity index (χ2v) is 6.21. The number of rotatable bonds is 7.